The summed E-state index contributed by atoms with van der Waals surface area (Å²) in [5.41, 5.74) is 1.55. The number of carboxylic acids is 2. The van der Waals surface area contributed by atoms with Crippen molar-refractivity contribution in [2.24, 2.45) is 0 Å². The van der Waals surface area contributed by atoms with Gasteiger partial charge in [0.15, 0.2) is 0 Å². The van der Waals surface area contributed by atoms with E-state index < -0.39 is 11.9 Å². The van der Waals surface area contributed by atoms with E-state index in [9.17, 15) is 9.59 Å². The maximum absolute atomic E-state index is 11.1. The number of nitrogens with zero attached hydrogens (tertiary/aromatic N) is 1. The van der Waals surface area contributed by atoms with Crippen molar-refractivity contribution in [1.82, 2.24) is 4.98 Å². The summed E-state index contributed by atoms with van der Waals surface area (Å²) in [7, 11) is 0. The molecule has 0 atom stereocenters. The molecule has 0 radical (unpaired) electrons. The summed E-state index contributed by atoms with van der Waals surface area (Å²) >= 11 is 1.14. The van der Waals surface area contributed by atoms with E-state index in [0.29, 0.717) is 17.1 Å². The number of hydrogen-bond donors (Lipinski definition) is 2. The first-order valence-electron chi connectivity index (χ1n) is 6.49. The Hall–Kier alpha value is -2.21. The van der Waals surface area contributed by atoms with Crippen LogP contribution in [0.4, 0.5) is 0 Å². The van der Waals surface area contributed by atoms with Gasteiger partial charge in [-0.15, -0.1) is 11.3 Å². The minimum atomic E-state index is -0.984. The van der Waals surface area contributed by atoms with Crippen LogP contribution in [-0.2, 0) is 6.42 Å². The highest BCUT2D eigenvalue weighted by Crippen LogP contribution is 2.21. The molecule has 0 aliphatic heterocycles. The fourth-order valence-electron chi connectivity index (χ4n) is 1.72. The average Bonchev–Trinajstić information content (AvgIpc) is 2.82. The zero-order chi connectivity index (χ0) is 16.0. The van der Waals surface area contributed by atoms with Crippen LogP contribution in [0.25, 0.3) is 0 Å². The first kappa shape index (κ1) is 16.8. The van der Waals surface area contributed by atoms with Gasteiger partial charge in [0.1, 0.15) is 4.88 Å². The Morgan fingerprint density at radius 2 is 1.67 bits per heavy atom. The summed E-state index contributed by atoms with van der Waals surface area (Å²) in [6, 6.07) is 6.34. The van der Waals surface area contributed by atoms with Crippen LogP contribution in [0, 0.1) is 6.92 Å². The van der Waals surface area contributed by atoms with Crippen molar-refractivity contribution in [3.8, 4) is 0 Å². The fraction of sp³-hybridized carbons (Fsp3) is 0.267. The van der Waals surface area contributed by atoms with Gasteiger partial charge in [0.2, 0.25) is 0 Å². The number of carboxylic acid groups (broad SMARTS) is 2. The zero-order valence-corrected chi connectivity index (χ0v) is 12.9. The van der Waals surface area contributed by atoms with Crippen LogP contribution in [0.2, 0.25) is 0 Å². The van der Waals surface area contributed by atoms with Gasteiger partial charge in [0.05, 0.1) is 16.3 Å². The van der Waals surface area contributed by atoms with E-state index in [2.05, 4.69) is 4.98 Å². The van der Waals surface area contributed by atoms with Gasteiger partial charge in [0.25, 0.3) is 0 Å². The molecule has 1 aromatic heterocycles. The van der Waals surface area contributed by atoms with Gasteiger partial charge in [-0.05, 0) is 24.6 Å². The molecule has 0 fully saturated rings. The first-order valence-corrected chi connectivity index (χ1v) is 7.31. The molecule has 2 N–H and O–H groups in total. The Balaban J connectivity index is 0.00000106. The van der Waals surface area contributed by atoms with E-state index in [1.54, 1.807) is 19.1 Å². The Kier molecular flexibility index (Phi) is 6.05. The Morgan fingerprint density at radius 3 is 2.14 bits per heavy atom. The van der Waals surface area contributed by atoms with Crippen LogP contribution in [0.5, 0.6) is 0 Å². The second-order valence-electron chi connectivity index (χ2n) is 3.99. The van der Waals surface area contributed by atoms with E-state index >= 15 is 0 Å². The zero-order valence-electron chi connectivity index (χ0n) is 12.1. The van der Waals surface area contributed by atoms with Gasteiger partial charge in [0, 0.05) is 6.42 Å². The SMILES string of the molecule is CC.Cc1nc(Cc2ccc(C(=O)O)cc2)c(C(=O)O)s1. The molecule has 0 saturated carbocycles. The van der Waals surface area contributed by atoms with Crippen LogP contribution >= 0.6 is 11.3 Å². The molecule has 0 aliphatic rings. The van der Waals surface area contributed by atoms with E-state index in [4.69, 9.17) is 10.2 Å². The lowest BCUT2D eigenvalue weighted by molar-refractivity contribution is 0.0688. The number of carbonyl (C=O) groups is 2. The highest BCUT2D eigenvalue weighted by atomic mass is 32.1. The van der Waals surface area contributed by atoms with Gasteiger partial charge in [-0.3, -0.25) is 0 Å². The molecule has 0 aliphatic carbocycles. The van der Waals surface area contributed by atoms with Crippen molar-refractivity contribution in [2.45, 2.75) is 27.2 Å². The maximum Gasteiger partial charge on any atom is 0.347 e. The average molecular weight is 307 g/mol. The smallest absolute Gasteiger partial charge is 0.347 e. The second kappa shape index (κ2) is 7.54. The minimum Gasteiger partial charge on any atom is -0.478 e. The molecule has 2 aromatic rings. The normalized spacial score (nSPS) is 9.67. The molecule has 21 heavy (non-hydrogen) atoms. The molecule has 0 unspecified atom stereocenters. The monoisotopic (exact) mass is 307 g/mol. The van der Waals surface area contributed by atoms with E-state index in [0.717, 1.165) is 16.9 Å². The third kappa shape index (κ3) is 4.39. The molecule has 5 nitrogen and oxygen atoms in total. The predicted molar refractivity (Wildman–Crippen MR) is 81.4 cm³/mol. The number of rotatable bonds is 4. The highest BCUT2D eigenvalue weighted by molar-refractivity contribution is 7.13. The van der Waals surface area contributed by atoms with Crippen LogP contribution in [0.15, 0.2) is 24.3 Å². The lowest BCUT2D eigenvalue weighted by atomic mass is 10.1. The molecule has 2 rings (SSSR count). The quantitative estimate of drug-likeness (QED) is 0.903. The van der Waals surface area contributed by atoms with Crippen LogP contribution in [-0.4, -0.2) is 27.1 Å². The standard InChI is InChI=1S/C13H11NO4S.C2H6/c1-7-14-10(11(19-7)13(17)18)6-8-2-4-9(5-3-8)12(15)16;1-2/h2-5H,6H2,1H3,(H,15,16)(H,17,18);1-2H3. The molecule has 112 valence electrons. The molecule has 0 bridgehead atoms. The van der Waals surface area contributed by atoms with Crippen LogP contribution in [0.3, 0.4) is 0 Å². The number of aryl methyl sites for hydroxylation is 1. The maximum atomic E-state index is 11.1. The molecule has 1 heterocycles. The molecular weight excluding hydrogens is 290 g/mol. The number of aromatic nitrogens is 1. The molecule has 0 amide bonds. The van der Waals surface area contributed by atoms with E-state index in [1.807, 2.05) is 13.8 Å². The Labute approximate surface area is 126 Å². The number of benzene rings is 1. The van der Waals surface area contributed by atoms with Gasteiger partial charge in [-0.25, -0.2) is 14.6 Å². The number of hydrogen-bond acceptors (Lipinski definition) is 4. The number of thiazole rings is 1. The van der Waals surface area contributed by atoms with Crippen molar-refractivity contribution in [3.63, 3.8) is 0 Å². The largest absolute Gasteiger partial charge is 0.478 e. The van der Waals surface area contributed by atoms with Crippen LogP contribution in [0.1, 0.15) is 50.1 Å². The topological polar surface area (TPSA) is 87.5 Å². The summed E-state index contributed by atoms with van der Waals surface area (Å²) in [5, 5.41) is 18.6. The molecule has 0 saturated heterocycles. The lowest BCUT2D eigenvalue weighted by Crippen LogP contribution is -2.01. The van der Waals surface area contributed by atoms with Crippen molar-refractivity contribution >= 4 is 23.3 Å². The predicted octanol–water partition coefficient (Wildman–Crippen LogP) is 3.46. The van der Waals surface area contributed by atoms with Crippen molar-refractivity contribution in [1.29, 1.82) is 0 Å². The van der Waals surface area contributed by atoms with Gasteiger partial charge >= 0.3 is 11.9 Å². The van der Waals surface area contributed by atoms with Gasteiger partial charge in [-0.2, -0.15) is 0 Å². The van der Waals surface area contributed by atoms with Crippen LogP contribution < -0.4 is 0 Å². The van der Waals surface area contributed by atoms with Crippen molar-refractivity contribution in [3.05, 3.63) is 51.0 Å². The van der Waals surface area contributed by atoms with E-state index in [-0.39, 0.29) is 10.4 Å². The third-order valence-electron chi connectivity index (χ3n) is 2.57. The Bertz CT molecular complexity index is 632. The highest BCUT2D eigenvalue weighted by Gasteiger charge is 2.16. The lowest BCUT2D eigenvalue weighted by Gasteiger charge is -2.01. The van der Waals surface area contributed by atoms with Gasteiger partial charge in [-0.1, -0.05) is 26.0 Å². The second-order valence-corrected chi connectivity index (χ2v) is 5.20. The molecule has 0 spiro atoms. The summed E-state index contributed by atoms with van der Waals surface area (Å²) in [5.74, 6) is -1.97. The third-order valence-corrected chi connectivity index (χ3v) is 3.57. The molecule has 6 heteroatoms. The minimum absolute atomic E-state index is 0.205. The summed E-state index contributed by atoms with van der Waals surface area (Å²) in [6.07, 6.45) is 0.381. The first-order chi connectivity index (χ1) is 9.97. The Morgan fingerprint density at radius 1 is 1.10 bits per heavy atom. The summed E-state index contributed by atoms with van der Waals surface area (Å²) in [6.45, 7) is 5.76. The van der Waals surface area contributed by atoms with Crippen molar-refractivity contribution < 1.29 is 19.8 Å². The van der Waals surface area contributed by atoms with Crippen molar-refractivity contribution in [2.75, 3.05) is 0 Å². The molecule has 1 aromatic carbocycles. The summed E-state index contributed by atoms with van der Waals surface area (Å²) in [4.78, 5) is 26.2. The van der Waals surface area contributed by atoms with E-state index in [1.165, 1.54) is 12.1 Å². The number of aromatic carboxylic acids is 2. The fourth-order valence-corrected chi connectivity index (χ4v) is 2.49. The molecular formula is C15H17NO4S. The summed E-state index contributed by atoms with van der Waals surface area (Å²) < 4.78 is 0. The van der Waals surface area contributed by atoms with Gasteiger partial charge < -0.3 is 10.2 Å².